The summed E-state index contributed by atoms with van der Waals surface area (Å²) in [6.45, 7) is 11.2. The first-order valence-electron chi connectivity index (χ1n) is 24.8. The van der Waals surface area contributed by atoms with E-state index in [-0.39, 0.29) is 43.9 Å². The van der Waals surface area contributed by atoms with E-state index in [1.807, 2.05) is 118 Å². The number of thiophene rings is 3. The summed E-state index contributed by atoms with van der Waals surface area (Å²) in [5.74, 6) is -0.295. The van der Waals surface area contributed by atoms with Crippen molar-refractivity contribution in [3.8, 4) is 0 Å². The van der Waals surface area contributed by atoms with Gasteiger partial charge in [-0.05, 0) is 131 Å². The standard InChI is InChI=1S/C20H21N3O2S2.C18H19N3OS2.C14H17N3OS2.2C2H6/c1-14(24)25-11-10-22-20(26)23-18(19-7-4-12-27-19)13-15-8-9-21-17-6-3-2-5-16(15)17;22-10-9-20-18(23)21-16(17-6-3-11-24-17)12-13-7-8-19-15-5-2-1-4-14(13)15;18-8-7-16-14(19)17-12(13-5-3-9-20-13)10-11-4-1-2-6-15-11;2*1-2/h2-9,12,18H,10-11,13H2,1H3,(H2,22,23,26);1-8,11,16,22H,9-10,12H2,(H2,20,21,23);1-6,9,12,18H,7-8,10H2,(H2,16,17,19);2*1-2H3. The Morgan fingerprint density at radius 1 is 0.520 bits per heavy atom. The first-order valence-corrected chi connectivity index (χ1v) is 28.7. The molecule has 8 N–H and O–H groups in total. The summed E-state index contributed by atoms with van der Waals surface area (Å²) in [4.78, 5) is 27.7. The van der Waals surface area contributed by atoms with Crippen molar-refractivity contribution < 1.29 is 19.7 Å². The molecule has 6 heterocycles. The number of hydrogen-bond donors (Lipinski definition) is 8. The molecule has 75 heavy (non-hydrogen) atoms. The number of carbonyl (C=O) groups is 1. The third-order valence-electron chi connectivity index (χ3n) is 10.5. The lowest BCUT2D eigenvalue weighted by Gasteiger charge is -2.21. The number of para-hydroxylation sites is 2. The molecule has 0 bridgehead atoms. The molecule has 19 heteroatoms. The van der Waals surface area contributed by atoms with Crippen LogP contribution in [0.3, 0.4) is 0 Å². The normalized spacial score (nSPS) is 11.4. The zero-order valence-corrected chi connectivity index (χ0v) is 47.9. The van der Waals surface area contributed by atoms with E-state index in [9.17, 15) is 4.79 Å². The van der Waals surface area contributed by atoms with Gasteiger partial charge in [-0.15, -0.1) is 34.0 Å². The molecule has 398 valence electrons. The van der Waals surface area contributed by atoms with Gasteiger partial charge < -0.3 is 46.9 Å². The fourth-order valence-corrected chi connectivity index (χ4v) is 10.4. The van der Waals surface area contributed by atoms with Gasteiger partial charge in [0.2, 0.25) is 0 Å². The monoisotopic (exact) mass is 1120 g/mol. The Morgan fingerprint density at radius 2 is 0.933 bits per heavy atom. The molecular weight excluding hydrogens is 1060 g/mol. The van der Waals surface area contributed by atoms with E-state index in [0.29, 0.717) is 35.0 Å². The lowest BCUT2D eigenvalue weighted by Crippen LogP contribution is -2.39. The highest BCUT2D eigenvalue weighted by Gasteiger charge is 2.19. The summed E-state index contributed by atoms with van der Waals surface area (Å²) in [6.07, 6.45) is 7.86. The van der Waals surface area contributed by atoms with Gasteiger partial charge in [-0.3, -0.25) is 19.7 Å². The number of aliphatic hydroxyl groups is 2. The van der Waals surface area contributed by atoms with Crippen molar-refractivity contribution in [1.82, 2.24) is 46.9 Å². The van der Waals surface area contributed by atoms with E-state index in [0.717, 1.165) is 46.8 Å². The Labute approximate surface area is 470 Å². The third kappa shape index (κ3) is 22.0. The number of pyridine rings is 3. The largest absolute Gasteiger partial charge is 0.464 e. The van der Waals surface area contributed by atoms with Gasteiger partial charge in [0, 0.05) is 76.1 Å². The van der Waals surface area contributed by atoms with Crippen LogP contribution in [0, 0.1) is 0 Å². The predicted molar refractivity (Wildman–Crippen MR) is 325 cm³/mol. The van der Waals surface area contributed by atoms with Crippen molar-refractivity contribution >= 4 is 114 Å². The minimum absolute atomic E-state index is 0.0459. The van der Waals surface area contributed by atoms with Crippen LogP contribution in [0.15, 0.2) is 150 Å². The Balaban J connectivity index is 0.000000238. The fourth-order valence-electron chi connectivity index (χ4n) is 7.30. The molecule has 3 unspecified atom stereocenters. The molecule has 0 fully saturated rings. The van der Waals surface area contributed by atoms with Crippen molar-refractivity contribution in [1.29, 1.82) is 0 Å². The number of thiocarbonyl (C=S) groups is 3. The lowest BCUT2D eigenvalue weighted by atomic mass is 10.0. The molecule has 13 nitrogen and oxygen atoms in total. The molecule has 8 aromatic rings. The van der Waals surface area contributed by atoms with Crippen LogP contribution in [0.2, 0.25) is 0 Å². The van der Waals surface area contributed by atoms with E-state index in [1.165, 1.54) is 32.7 Å². The van der Waals surface area contributed by atoms with E-state index >= 15 is 0 Å². The van der Waals surface area contributed by atoms with Gasteiger partial charge in [0.05, 0.1) is 48.9 Å². The van der Waals surface area contributed by atoms with Gasteiger partial charge in [-0.1, -0.05) is 88.4 Å². The minimum atomic E-state index is -0.295. The number of nitrogens with zero attached hydrogens (tertiary/aromatic N) is 3. The number of nitrogens with one attached hydrogen (secondary N) is 6. The van der Waals surface area contributed by atoms with Crippen molar-refractivity contribution in [2.75, 3.05) is 39.5 Å². The van der Waals surface area contributed by atoms with Gasteiger partial charge in [-0.25, -0.2) is 0 Å². The van der Waals surface area contributed by atoms with Gasteiger partial charge >= 0.3 is 5.97 Å². The number of carbonyl (C=O) groups excluding carboxylic acids is 1. The average Bonchev–Trinajstić information content (AvgIpc) is 4.29. The molecule has 0 saturated heterocycles. The summed E-state index contributed by atoms with van der Waals surface area (Å²) < 4.78 is 4.92. The van der Waals surface area contributed by atoms with Crippen LogP contribution in [-0.4, -0.2) is 85.9 Å². The van der Waals surface area contributed by atoms with E-state index in [2.05, 4.69) is 100 Å². The third-order valence-corrected chi connectivity index (χ3v) is 14.3. The maximum Gasteiger partial charge on any atom is 0.302 e. The second-order valence-electron chi connectivity index (χ2n) is 15.6. The smallest absolute Gasteiger partial charge is 0.302 e. The lowest BCUT2D eigenvalue weighted by molar-refractivity contribution is -0.140. The van der Waals surface area contributed by atoms with Crippen LogP contribution >= 0.6 is 70.7 Å². The number of hydrogen-bond acceptors (Lipinski definition) is 13. The van der Waals surface area contributed by atoms with Gasteiger partial charge in [0.1, 0.15) is 6.61 Å². The molecule has 3 atom stereocenters. The van der Waals surface area contributed by atoms with Gasteiger partial charge in [-0.2, -0.15) is 0 Å². The second-order valence-corrected chi connectivity index (χ2v) is 19.8. The van der Waals surface area contributed by atoms with Crippen molar-refractivity contribution in [3.05, 3.63) is 181 Å². The topological polar surface area (TPSA) is 178 Å². The highest BCUT2D eigenvalue weighted by Crippen LogP contribution is 2.28. The zero-order chi connectivity index (χ0) is 54.0. The Kier molecular flexibility index (Phi) is 29.6. The summed E-state index contributed by atoms with van der Waals surface area (Å²) in [7, 11) is 0. The van der Waals surface area contributed by atoms with Crippen LogP contribution in [0.25, 0.3) is 21.8 Å². The summed E-state index contributed by atoms with van der Waals surface area (Å²) in [5, 5.41) is 47.0. The highest BCUT2D eigenvalue weighted by atomic mass is 32.1. The number of aromatic nitrogens is 3. The summed E-state index contributed by atoms with van der Waals surface area (Å²) in [6, 6.07) is 38.9. The SMILES string of the molecule is CC.CC.CC(=O)OCCNC(=S)NC(Cc1ccnc2ccccc12)c1cccs1.OCCNC(=S)NC(Cc1ccccn1)c1cccs1.OCCNC(=S)NC(Cc1ccnc2ccccc12)c1cccs1. The van der Waals surface area contributed by atoms with E-state index in [1.54, 1.807) is 40.2 Å². The van der Waals surface area contributed by atoms with Crippen molar-refractivity contribution in [3.63, 3.8) is 0 Å². The Bertz CT molecular complexity index is 2830. The Morgan fingerprint density at radius 3 is 1.32 bits per heavy atom. The van der Waals surface area contributed by atoms with Crippen LogP contribution in [0.4, 0.5) is 0 Å². The van der Waals surface area contributed by atoms with Crippen molar-refractivity contribution in [2.24, 2.45) is 0 Å². The van der Waals surface area contributed by atoms with Crippen LogP contribution in [0.1, 0.15) is 84.2 Å². The number of ether oxygens (including phenoxy) is 1. The molecule has 2 aromatic carbocycles. The zero-order valence-electron chi connectivity index (χ0n) is 43.0. The van der Waals surface area contributed by atoms with E-state index < -0.39 is 0 Å². The summed E-state index contributed by atoms with van der Waals surface area (Å²) >= 11 is 21.1. The first-order chi connectivity index (χ1) is 36.7. The first kappa shape index (κ1) is 61.5. The molecule has 8 rings (SSSR count). The fraction of sp³-hybridized carbons (Fsp3) is 0.304. The second kappa shape index (κ2) is 36.0. The van der Waals surface area contributed by atoms with Crippen LogP contribution in [0.5, 0.6) is 0 Å². The molecule has 0 aliphatic carbocycles. The van der Waals surface area contributed by atoms with Crippen molar-refractivity contribution in [2.45, 2.75) is 72.0 Å². The number of fused-ring (bicyclic) bond motifs is 2. The molecule has 0 radical (unpaired) electrons. The van der Waals surface area contributed by atoms with Gasteiger partial charge in [0.25, 0.3) is 0 Å². The average molecular weight is 1120 g/mol. The molecule has 0 amide bonds. The quantitative estimate of drug-likeness (QED) is 0.0218. The molecule has 0 aliphatic rings. The molecule has 0 aliphatic heterocycles. The summed E-state index contributed by atoms with van der Waals surface area (Å²) in [5.41, 5.74) is 5.46. The van der Waals surface area contributed by atoms with Gasteiger partial charge in [0.15, 0.2) is 15.3 Å². The predicted octanol–water partition coefficient (Wildman–Crippen LogP) is 10.6. The number of rotatable bonds is 19. The molecule has 0 saturated carbocycles. The molecule has 0 spiro atoms. The Hall–Kier alpha value is -6.03. The highest BCUT2D eigenvalue weighted by molar-refractivity contribution is 7.80. The maximum absolute atomic E-state index is 10.8. The number of esters is 1. The molecular formula is C56H69N9O4S6. The minimum Gasteiger partial charge on any atom is -0.464 e. The number of aliphatic hydroxyl groups excluding tert-OH is 2. The van der Waals surface area contributed by atoms with Crippen LogP contribution in [-0.2, 0) is 28.8 Å². The number of benzene rings is 2. The van der Waals surface area contributed by atoms with Crippen LogP contribution < -0.4 is 31.9 Å². The molecule has 6 aromatic heterocycles. The van der Waals surface area contributed by atoms with E-state index in [4.69, 9.17) is 51.6 Å². The maximum atomic E-state index is 10.8.